The predicted molar refractivity (Wildman–Crippen MR) is 84.2 cm³/mol. The molecule has 108 valence electrons. The van der Waals surface area contributed by atoms with Gasteiger partial charge in [0.2, 0.25) is 0 Å². The van der Waals surface area contributed by atoms with Gasteiger partial charge in [-0.05, 0) is 37.6 Å². The summed E-state index contributed by atoms with van der Waals surface area (Å²) in [7, 11) is 0. The molecule has 0 aliphatic rings. The number of hydrogen-bond acceptors (Lipinski definition) is 4. The van der Waals surface area contributed by atoms with Crippen molar-refractivity contribution in [1.82, 2.24) is 10.3 Å². The first kappa shape index (κ1) is 15.0. The van der Waals surface area contributed by atoms with E-state index in [4.69, 9.17) is 4.74 Å². The molecule has 0 atom stereocenters. The minimum atomic E-state index is 0.545. The zero-order valence-corrected chi connectivity index (χ0v) is 13.0. The Morgan fingerprint density at radius 2 is 2.25 bits per heavy atom. The van der Waals surface area contributed by atoms with Crippen LogP contribution in [0.25, 0.3) is 0 Å². The monoisotopic (exact) mass is 290 g/mol. The van der Waals surface area contributed by atoms with Gasteiger partial charge in [0.25, 0.3) is 0 Å². The smallest absolute Gasteiger partial charge is 0.140 e. The van der Waals surface area contributed by atoms with Gasteiger partial charge in [0.1, 0.15) is 17.4 Å². The van der Waals surface area contributed by atoms with Crippen LogP contribution in [0.4, 0.5) is 0 Å². The number of benzene rings is 1. The molecule has 1 aromatic heterocycles. The van der Waals surface area contributed by atoms with E-state index in [0.29, 0.717) is 6.61 Å². The zero-order valence-electron chi connectivity index (χ0n) is 12.2. The van der Waals surface area contributed by atoms with Crippen LogP contribution in [0.3, 0.4) is 0 Å². The molecule has 4 heteroatoms. The highest BCUT2D eigenvalue weighted by Gasteiger charge is 2.03. The van der Waals surface area contributed by atoms with Crippen molar-refractivity contribution in [3.05, 3.63) is 45.9 Å². The highest BCUT2D eigenvalue weighted by Crippen LogP contribution is 2.17. The van der Waals surface area contributed by atoms with Gasteiger partial charge in [-0.15, -0.1) is 11.3 Å². The molecule has 1 heterocycles. The lowest BCUT2D eigenvalue weighted by molar-refractivity contribution is 0.305. The first-order valence-electron chi connectivity index (χ1n) is 7.11. The second kappa shape index (κ2) is 8.02. The first-order valence-corrected chi connectivity index (χ1v) is 7.93. The Kier molecular flexibility index (Phi) is 6.02. The first-order chi connectivity index (χ1) is 9.78. The highest BCUT2D eigenvalue weighted by molar-refractivity contribution is 7.11. The van der Waals surface area contributed by atoms with E-state index in [9.17, 15) is 0 Å². The number of rotatable bonds is 8. The maximum Gasteiger partial charge on any atom is 0.140 e. The molecule has 3 nitrogen and oxygen atoms in total. The van der Waals surface area contributed by atoms with Crippen LogP contribution in [0.2, 0.25) is 0 Å². The number of nitrogens with zero attached hydrogens (tertiary/aromatic N) is 1. The number of unbranched alkanes of at least 4 members (excludes halogenated alkanes) is 1. The average Bonchev–Trinajstić information content (AvgIpc) is 2.89. The molecule has 2 aromatic rings. The lowest BCUT2D eigenvalue weighted by atomic mass is 10.2. The Morgan fingerprint density at radius 1 is 1.35 bits per heavy atom. The highest BCUT2D eigenvalue weighted by atomic mass is 32.1. The van der Waals surface area contributed by atoms with Crippen molar-refractivity contribution < 1.29 is 4.74 Å². The van der Waals surface area contributed by atoms with Crippen molar-refractivity contribution in [3.8, 4) is 5.75 Å². The minimum Gasteiger partial charge on any atom is -0.486 e. The van der Waals surface area contributed by atoms with Gasteiger partial charge in [-0.1, -0.05) is 25.5 Å². The maximum atomic E-state index is 5.76. The van der Waals surface area contributed by atoms with Crippen molar-refractivity contribution in [2.45, 2.75) is 39.8 Å². The normalized spacial score (nSPS) is 10.7. The van der Waals surface area contributed by atoms with Crippen molar-refractivity contribution in [2.24, 2.45) is 0 Å². The number of thiazole rings is 1. The molecule has 2 rings (SSSR count). The zero-order chi connectivity index (χ0) is 14.2. The molecule has 20 heavy (non-hydrogen) atoms. The summed E-state index contributed by atoms with van der Waals surface area (Å²) < 4.78 is 5.76. The van der Waals surface area contributed by atoms with E-state index >= 15 is 0 Å². The van der Waals surface area contributed by atoms with E-state index in [2.05, 4.69) is 30.2 Å². The molecule has 1 aromatic carbocycles. The van der Waals surface area contributed by atoms with Crippen LogP contribution >= 0.6 is 11.3 Å². The summed E-state index contributed by atoms with van der Waals surface area (Å²) in [4.78, 5) is 5.67. The maximum absolute atomic E-state index is 5.76. The summed E-state index contributed by atoms with van der Waals surface area (Å²) in [5.41, 5.74) is 1.21. The second-order valence-corrected chi connectivity index (χ2v) is 6.06. The van der Waals surface area contributed by atoms with E-state index in [-0.39, 0.29) is 0 Å². The van der Waals surface area contributed by atoms with Crippen LogP contribution in [-0.4, -0.2) is 11.5 Å². The standard InChI is InChI=1S/C16H22N2OS/c1-3-4-8-17-10-15-11-18-16(20-15)12-19-14-7-5-6-13(2)9-14/h5-7,9,11,17H,3-4,8,10,12H2,1-2H3. The molecule has 0 bridgehead atoms. The van der Waals surface area contributed by atoms with Gasteiger partial charge in [-0.25, -0.2) is 4.98 Å². The summed E-state index contributed by atoms with van der Waals surface area (Å²) in [6.45, 7) is 6.79. The van der Waals surface area contributed by atoms with Crippen LogP contribution in [0.5, 0.6) is 5.75 Å². The molecule has 0 fully saturated rings. The molecule has 0 aliphatic heterocycles. The second-order valence-electron chi connectivity index (χ2n) is 4.86. The fourth-order valence-electron chi connectivity index (χ4n) is 1.86. The molecule has 0 saturated heterocycles. The number of hydrogen-bond donors (Lipinski definition) is 1. The Bertz CT molecular complexity index is 525. The SMILES string of the molecule is CCCCNCc1cnc(COc2cccc(C)c2)s1. The summed E-state index contributed by atoms with van der Waals surface area (Å²) in [6, 6.07) is 8.10. The summed E-state index contributed by atoms with van der Waals surface area (Å²) in [5, 5.41) is 4.45. The number of aryl methyl sites for hydroxylation is 1. The Morgan fingerprint density at radius 3 is 3.05 bits per heavy atom. The molecule has 0 saturated carbocycles. The quantitative estimate of drug-likeness (QED) is 0.748. The van der Waals surface area contributed by atoms with Gasteiger partial charge in [-0.3, -0.25) is 0 Å². The van der Waals surface area contributed by atoms with Crippen LogP contribution < -0.4 is 10.1 Å². The minimum absolute atomic E-state index is 0.545. The average molecular weight is 290 g/mol. The Hall–Kier alpha value is -1.39. The van der Waals surface area contributed by atoms with E-state index in [1.54, 1.807) is 11.3 Å². The Balaban J connectivity index is 1.78. The lowest BCUT2D eigenvalue weighted by Crippen LogP contribution is -2.13. The van der Waals surface area contributed by atoms with Crippen molar-refractivity contribution in [2.75, 3.05) is 6.54 Å². The van der Waals surface area contributed by atoms with Gasteiger partial charge >= 0.3 is 0 Å². The van der Waals surface area contributed by atoms with Crippen molar-refractivity contribution >= 4 is 11.3 Å². The lowest BCUT2D eigenvalue weighted by Gasteiger charge is -2.04. The molecule has 0 unspecified atom stereocenters. The third kappa shape index (κ3) is 4.94. The predicted octanol–water partition coefficient (Wildman–Crippen LogP) is 3.92. The van der Waals surface area contributed by atoms with E-state index in [1.165, 1.54) is 23.3 Å². The molecular weight excluding hydrogens is 268 g/mol. The van der Waals surface area contributed by atoms with E-state index in [0.717, 1.165) is 23.8 Å². The summed E-state index contributed by atoms with van der Waals surface area (Å²) in [6.07, 6.45) is 4.39. The van der Waals surface area contributed by atoms with Gasteiger partial charge in [-0.2, -0.15) is 0 Å². The van der Waals surface area contributed by atoms with Crippen LogP contribution in [0.1, 0.15) is 35.2 Å². The molecule has 1 N–H and O–H groups in total. The fraction of sp³-hybridized carbons (Fsp3) is 0.438. The van der Waals surface area contributed by atoms with Crippen molar-refractivity contribution in [3.63, 3.8) is 0 Å². The number of aromatic nitrogens is 1. The number of ether oxygens (including phenoxy) is 1. The van der Waals surface area contributed by atoms with Gasteiger partial charge < -0.3 is 10.1 Å². The van der Waals surface area contributed by atoms with Crippen LogP contribution in [0, 0.1) is 6.92 Å². The van der Waals surface area contributed by atoms with Crippen LogP contribution in [0.15, 0.2) is 30.5 Å². The molecule has 0 radical (unpaired) electrons. The van der Waals surface area contributed by atoms with E-state index < -0.39 is 0 Å². The third-order valence-electron chi connectivity index (χ3n) is 2.96. The summed E-state index contributed by atoms with van der Waals surface area (Å²) in [5.74, 6) is 0.905. The fourth-order valence-corrected chi connectivity index (χ4v) is 2.67. The largest absolute Gasteiger partial charge is 0.486 e. The molecule has 0 spiro atoms. The van der Waals surface area contributed by atoms with Gasteiger partial charge in [0.15, 0.2) is 0 Å². The number of nitrogens with one attached hydrogen (secondary N) is 1. The van der Waals surface area contributed by atoms with E-state index in [1.807, 2.05) is 24.4 Å². The molecule has 0 amide bonds. The molecular formula is C16H22N2OS. The van der Waals surface area contributed by atoms with Crippen molar-refractivity contribution in [1.29, 1.82) is 0 Å². The molecule has 0 aliphatic carbocycles. The topological polar surface area (TPSA) is 34.2 Å². The summed E-state index contributed by atoms with van der Waals surface area (Å²) >= 11 is 1.72. The van der Waals surface area contributed by atoms with Crippen LogP contribution in [-0.2, 0) is 13.2 Å². The van der Waals surface area contributed by atoms with Gasteiger partial charge in [0, 0.05) is 17.6 Å². The Labute approximate surface area is 125 Å². The van der Waals surface area contributed by atoms with Gasteiger partial charge in [0.05, 0.1) is 0 Å². The third-order valence-corrected chi connectivity index (χ3v) is 3.93.